The van der Waals surface area contributed by atoms with Crippen molar-refractivity contribution < 1.29 is 4.74 Å². The van der Waals surface area contributed by atoms with Crippen molar-refractivity contribution in [3.63, 3.8) is 0 Å². The average Bonchev–Trinajstić information content (AvgIpc) is 2.03. The van der Waals surface area contributed by atoms with Gasteiger partial charge in [0, 0.05) is 6.61 Å². The van der Waals surface area contributed by atoms with E-state index in [1.54, 1.807) is 0 Å². The summed E-state index contributed by atoms with van der Waals surface area (Å²) >= 11 is 0. The minimum atomic E-state index is 0.492. The van der Waals surface area contributed by atoms with Crippen LogP contribution in [0.5, 0.6) is 0 Å². The second-order valence-corrected chi connectivity index (χ2v) is 2.83. The highest BCUT2D eigenvalue weighted by atomic mass is 16.5. The van der Waals surface area contributed by atoms with E-state index in [1.165, 1.54) is 19.3 Å². The molecule has 1 nitrogen and oxygen atoms in total. The molecule has 0 spiro atoms. The third-order valence-corrected chi connectivity index (χ3v) is 1.88. The Kier molecular flexibility index (Phi) is 8.03. The minimum Gasteiger partial charge on any atom is -0.379 e. The van der Waals surface area contributed by atoms with Gasteiger partial charge in [-0.15, -0.1) is 0 Å². The van der Waals surface area contributed by atoms with E-state index in [1.807, 2.05) is 0 Å². The van der Waals surface area contributed by atoms with E-state index in [9.17, 15) is 0 Å². The van der Waals surface area contributed by atoms with Crippen LogP contribution in [-0.2, 0) is 4.74 Å². The molecule has 0 amide bonds. The van der Waals surface area contributed by atoms with Crippen LogP contribution >= 0.6 is 0 Å². The molecule has 0 saturated heterocycles. The summed E-state index contributed by atoms with van der Waals surface area (Å²) in [5.74, 6) is 0. The first-order chi connectivity index (χ1) is 5.35. The van der Waals surface area contributed by atoms with Crippen LogP contribution in [0.3, 0.4) is 0 Å². The van der Waals surface area contributed by atoms with E-state index >= 15 is 0 Å². The van der Waals surface area contributed by atoms with Gasteiger partial charge in [0.05, 0.1) is 6.10 Å². The molecule has 0 rings (SSSR count). The molecule has 1 unspecified atom stereocenters. The summed E-state index contributed by atoms with van der Waals surface area (Å²) in [6, 6.07) is 0. The molecule has 0 aromatic carbocycles. The molecular weight excluding hydrogens is 136 g/mol. The lowest BCUT2D eigenvalue weighted by molar-refractivity contribution is 0.0525. The van der Waals surface area contributed by atoms with Crippen molar-refractivity contribution in [3.05, 3.63) is 6.92 Å². The maximum absolute atomic E-state index is 5.52. The number of hydrogen-bond acceptors (Lipinski definition) is 1. The highest BCUT2D eigenvalue weighted by Crippen LogP contribution is 2.09. The van der Waals surface area contributed by atoms with Crippen LogP contribution in [-0.4, -0.2) is 12.7 Å². The van der Waals surface area contributed by atoms with Crippen molar-refractivity contribution in [1.29, 1.82) is 0 Å². The first-order valence-electron chi connectivity index (χ1n) is 4.76. The summed E-state index contributed by atoms with van der Waals surface area (Å²) in [6.07, 6.45) is 6.41. The van der Waals surface area contributed by atoms with E-state index in [0.717, 1.165) is 19.4 Å². The van der Waals surface area contributed by atoms with Crippen molar-refractivity contribution >= 4 is 0 Å². The Morgan fingerprint density at radius 2 is 2.00 bits per heavy atom. The van der Waals surface area contributed by atoms with Crippen LogP contribution in [0.2, 0.25) is 0 Å². The SMILES string of the molecule is [CH2]CCCCC(CC)OCC. The number of unbranched alkanes of at least 4 members (excludes halogenated alkanes) is 2. The van der Waals surface area contributed by atoms with E-state index in [4.69, 9.17) is 4.74 Å². The van der Waals surface area contributed by atoms with Crippen LogP contribution in [0, 0.1) is 6.92 Å². The van der Waals surface area contributed by atoms with Crippen molar-refractivity contribution in [2.75, 3.05) is 6.61 Å². The normalized spacial score (nSPS) is 13.4. The summed E-state index contributed by atoms with van der Waals surface area (Å²) in [7, 11) is 0. The molecule has 1 radical (unpaired) electrons. The molecule has 0 heterocycles. The first kappa shape index (κ1) is 11.0. The monoisotopic (exact) mass is 157 g/mol. The van der Waals surface area contributed by atoms with Crippen LogP contribution < -0.4 is 0 Å². The summed E-state index contributed by atoms with van der Waals surface area (Å²) in [5.41, 5.74) is 0. The zero-order valence-corrected chi connectivity index (χ0v) is 7.94. The summed E-state index contributed by atoms with van der Waals surface area (Å²) in [6.45, 7) is 8.91. The smallest absolute Gasteiger partial charge is 0.0572 e. The maximum Gasteiger partial charge on any atom is 0.0572 e. The predicted octanol–water partition coefficient (Wildman–Crippen LogP) is 3.20. The molecule has 0 aromatic heterocycles. The Morgan fingerprint density at radius 1 is 1.27 bits per heavy atom. The Balaban J connectivity index is 3.20. The van der Waals surface area contributed by atoms with Gasteiger partial charge in [-0.25, -0.2) is 0 Å². The highest BCUT2D eigenvalue weighted by molar-refractivity contribution is 4.55. The van der Waals surface area contributed by atoms with Gasteiger partial charge in [0.25, 0.3) is 0 Å². The van der Waals surface area contributed by atoms with Crippen LogP contribution in [0.15, 0.2) is 0 Å². The summed E-state index contributed by atoms with van der Waals surface area (Å²) in [5, 5.41) is 0. The molecule has 0 N–H and O–H groups in total. The Hall–Kier alpha value is -0.0400. The topological polar surface area (TPSA) is 9.23 Å². The van der Waals surface area contributed by atoms with Gasteiger partial charge in [-0.1, -0.05) is 33.1 Å². The van der Waals surface area contributed by atoms with Gasteiger partial charge in [-0.2, -0.15) is 0 Å². The molecule has 67 valence electrons. The Labute approximate surface area is 71.1 Å². The summed E-state index contributed by atoms with van der Waals surface area (Å²) in [4.78, 5) is 0. The van der Waals surface area contributed by atoms with Gasteiger partial charge < -0.3 is 4.74 Å². The van der Waals surface area contributed by atoms with Crippen molar-refractivity contribution in [2.45, 2.75) is 52.1 Å². The van der Waals surface area contributed by atoms with Crippen LogP contribution in [0.1, 0.15) is 46.0 Å². The zero-order valence-electron chi connectivity index (χ0n) is 7.94. The van der Waals surface area contributed by atoms with E-state index in [2.05, 4.69) is 20.8 Å². The molecule has 0 aliphatic heterocycles. The Morgan fingerprint density at radius 3 is 2.45 bits per heavy atom. The zero-order chi connectivity index (χ0) is 8.53. The van der Waals surface area contributed by atoms with E-state index in [-0.39, 0.29) is 0 Å². The fourth-order valence-corrected chi connectivity index (χ4v) is 1.19. The van der Waals surface area contributed by atoms with Crippen molar-refractivity contribution in [1.82, 2.24) is 0 Å². The minimum absolute atomic E-state index is 0.492. The number of ether oxygens (including phenoxy) is 1. The van der Waals surface area contributed by atoms with E-state index < -0.39 is 0 Å². The maximum atomic E-state index is 5.52. The molecule has 0 aliphatic rings. The predicted molar refractivity (Wildman–Crippen MR) is 49.5 cm³/mol. The molecule has 0 bridgehead atoms. The summed E-state index contributed by atoms with van der Waals surface area (Å²) < 4.78 is 5.52. The van der Waals surface area contributed by atoms with Crippen LogP contribution in [0.25, 0.3) is 0 Å². The molecule has 1 heteroatoms. The van der Waals surface area contributed by atoms with Crippen molar-refractivity contribution in [2.24, 2.45) is 0 Å². The molecule has 0 saturated carbocycles. The van der Waals surface area contributed by atoms with Gasteiger partial charge in [0.15, 0.2) is 0 Å². The molecule has 11 heavy (non-hydrogen) atoms. The lowest BCUT2D eigenvalue weighted by atomic mass is 10.1. The van der Waals surface area contributed by atoms with E-state index in [0.29, 0.717) is 6.10 Å². The molecule has 0 fully saturated rings. The van der Waals surface area contributed by atoms with Gasteiger partial charge >= 0.3 is 0 Å². The standard InChI is InChI=1S/C10H21O/c1-4-7-8-9-10(5-2)11-6-3/h10H,1,4-9H2,2-3H3. The van der Waals surface area contributed by atoms with Crippen LogP contribution in [0.4, 0.5) is 0 Å². The third kappa shape index (κ3) is 6.36. The molecule has 0 aliphatic carbocycles. The molecular formula is C10H21O. The van der Waals surface area contributed by atoms with Crippen molar-refractivity contribution in [3.8, 4) is 0 Å². The quantitative estimate of drug-likeness (QED) is 0.516. The average molecular weight is 157 g/mol. The molecule has 1 atom stereocenters. The number of hydrogen-bond donors (Lipinski definition) is 0. The highest BCUT2D eigenvalue weighted by Gasteiger charge is 2.03. The van der Waals surface area contributed by atoms with Gasteiger partial charge in [0.2, 0.25) is 0 Å². The third-order valence-electron chi connectivity index (χ3n) is 1.88. The van der Waals surface area contributed by atoms with Gasteiger partial charge in [-0.3, -0.25) is 0 Å². The Bertz CT molecular complexity index is 71.3. The first-order valence-corrected chi connectivity index (χ1v) is 4.76. The lowest BCUT2D eigenvalue weighted by Crippen LogP contribution is -2.10. The second kappa shape index (κ2) is 8.06. The number of rotatable bonds is 7. The lowest BCUT2D eigenvalue weighted by Gasteiger charge is -2.13. The second-order valence-electron chi connectivity index (χ2n) is 2.83. The fourth-order valence-electron chi connectivity index (χ4n) is 1.19. The fraction of sp³-hybridized carbons (Fsp3) is 0.900. The van der Waals surface area contributed by atoms with Gasteiger partial charge in [-0.05, 0) is 19.8 Å². The largest absolute Gasteiger partial charge is 0.379 e. The van der Waals surface area contributed by atoms with Gasteiger partial charge in [0.1, 0.15) is 0 Å². The molecule has 0 aromatic rings.